The molecule has 3 aromatic rings. The molecule has 0 bridgehead atoms. The van der Waals surface area contributed by atoms with Crippen LogP contribution in [-0.2, 0) is 14.8 Å². The van der Waals surface area contributed by atoms with Gasteiger partial charge in [0, 0.05) is 36.6 Å². The molecule has 198 valence electrons. The summed E-state index contributed by atoms with van der Waals surface area (Å²) in [5, 5.41) is 26.1. The predicted molar refractivity (Wildman–Crippen MR) is 139 cm³/mol. The van der Waals surface area contributed by atoms with Crippen LogP contribution in [0.5, 0.6) is 0 Å². The van der Waals surface area contributed by atoms with Crippen molar-refractivity contribution in [2.45, 2.75) is 11.8 Å². The number of rotatable bonds is 8. The smallest absolute Gasteiger partial charge is 0.300 e. The van der Waals surface area contributed by atoms with Crippen molar-refractivity contribution in [3.05, 3.63) is 92.0 Å². The zero-order chi connectivity index (χ0) is 27.4. The summed E-state index contributed by atoms with van der Waals surface area (Å²) in [6, 6.07) is 14.0. The summed E-state index contributed by atoms with van der Waals surface area (Å²) in [5.74, 6) is -0.835. The molecular formula is C24H23N5O8S. The van der Waals surface area contributed by atoms with Gasteiger partial charge < -0.3 is 15.0 Å². The Morgan fingerprint density at radius 1 is 0.895 bits per heavy atom. The fourth-order valence-electron chi connectivity index (χ4n) is 3.88. The van der Waals surface area contributed by atoms with Crippen molar-refractivity contribution in [1.29, 1.82) is 0 Å². The molecular weight excluding hydrogens is 518 g/mol. The molecule has 0 radical (unpaired) electrons. The number of benzene rings is 3. The number of nitro benzene ring substituents is 2. The molecule has 13 nitrogen and oxygen atoms in total. The second kappa shape index (κ2) is 10.8. The van der Waals surface area contributed by atoms with Gasteiger partial charge in [0.25, 0.3) is 27.3 Å². The monoisotopic (exact) mass is 541 g/mol. The van der Waals surface area contributed by atoms with E-state index in [0.717, 1.165) is 17.7 Å². The van der Waals surface area contributed by atoms with Crippen molar-refractivity contribution in [1.82, 2.24) is 0 Å². The number of hydrogen-bond donors (Lipinski definition) is 2. The van der Waals surface area contributed by atoms with Gasteiger partial charge in [0.05, 0.1) is 33.5 Å². The number of nitro groups is 2. The highest BCUT2D eigenvalue weighted by atomic mass is 32.2. The lowest BCUT2D eigenvalue weighted by Gasteiger charge is -2.28. The number of amides is 1. The molecule has 3 aromatic carbocycles. The molecule has 1 fully saturated rings. The van der Waals surface area contributed by atoms with Crippen LogP contribution >= 0.6 is 0 Å². The number of sulfonamides is 1. The third kappa shape index (κ3) is 5.87. The lowest BCUT2D eigenvalue weighted by molar-refractivity contribution is -0.392. The topological polar surface area (TPSA) is 174 Å². The molecule has 1 aliphatic rings. The molecule has 0 aliphatic carbocycles. The van der Waals surface area contributed by atoms with Gasteiger partial charge in [0.2, 0.25) is 0 Å². The summed E-state index contributed by atoms with van der Waals surface area (Å²) in [5.41, 5.74) is -0.0821. The number of carbonyl (C=O) groups is 1. The van der Waals surface area contributed by atoms with Crippen LogP contribution in [0.25, 0.3) is 0 Å². The van der Waals surface area contributed by atoms with Crippen LogP contribution in [0.2, 0.25) is 0 Å². The summed E-state index contributed by atoms with van der Waals surface area (Å²) >= 11 is 0. The number of ether oxygens (including phenoxy) is 1. The lowest BCUT2D eigenvalue weighted by atomic mass is 10.1. The quantitative estimate of drug-likeness (QED) is 0.318. The highest BCUT2D eigenvalue weighted by Crippen LogP contribution is 2.39. The molecule has 0 saturated carbocycles. The van der Waals surface area contributed by atoms with E-state index in [2.05, 4.69) is 10.0 Å². The first-order valence-electron chi connectivity index (χ1n) is 11.4. The van der Waals surface area contributed by atoms with Crippen molar-refractivity contribution in [2.24, 2.45) is 0 Å². The largest absolute Gasteiger partial charge is 0.378 e. The van der Waals surface area contributed by atoms with Crippen molar-refractivity contribution >= 4 is 44.4 Å². The summed E-state index contributed by atoms with van der Waals surface area (Å²) in [4.78, 5) is 36.3. The van der Waals surface area contributed by atoms with E-state index in [1.54, 1.807) is 24.3 Å². The van der Waals surface area contributed by atoms with Gasteiger partial charge >= 0.3 is 0 Å². The van der Waals surface area contributed by atoms with Crippen LogP contribution in [0.15, 0.2) is 65.6 Å². The molecule has 0 unspecified atom stereocenters. The van der Waals surface area contributed by atoms with Gasteiger partial charge in [-0.1, -0.05) is 17.7 Å². The Hall–Kier alpha value is -4.56. The number of nitrogens with one attached hydrogen (secondary N) is 2. The fourth-order valence-corrected chi connectivity index (χ4v) is 4.94. The predicted octanol–water partition coefficient (Wildman–Crippen LogP) is 3.70. The van der Waals surface area contributed by atoms with Crippen LogP contribution in [-0.4, -0.2) is 50.5 Å². The van der Waals surface area contributed by atoms with Gasteiger partial charge in [-0.05, 0) is 43.3 Å². The van der Waals surface area contributed by atoms with E-state index < -0.39 is 37.2 Å². The normalized spacial score (nSPS) is 13.6. The van der Waals surface area contributed by atoms with Gasteiger partial charge in [-0.15, -0.1) is 0 Å². The summed E-state index contributed by atoms with van der Waals surface area (Å²) in [7, 11) is -3.90. The maximum atomic E-state index is 12.9. The lowest BCUT2D eigenvalue weighted by Crippen LogP contribution is -2.37. The molecule has 2 N–H and O–H groups in total. The second-order valence-corrected chi connectivity index (χ2v) is 10.1. The van der Waals surface area contributed by atoms with Gasteiger partial charge in [0.15, 0.2) is 5.69 Å². The van der Waals surface area contributed by atoms with E-state index >= 15 is 0 Å². The van der Waals surface area contributed by atoms with Crippen LogP contribution in [0, 0.1) is 27.2 Å². The third-order valence-electron chi connectivity index (χ3n) is 5.78. The fraction of sp³-hybridized carbons (Fsp3) is 0.208. The van der Waals surface area contributed by atoms with Crippen molar-refractivity contribution in [3.63, 3.8) is 0 Å². The van der Waals surface area contributed by atoms with Crippen LogP contribution in [0.3, 0.4) is 0 Å². The molecule has 0 atom stereocenters. The molecule has 1 saturated heterocycles. The first-order chi connectivity index (χ1) is 18.0. The third-order valence-corrected chi connectivity index (χ3v) is 7.18. The van der Waals surface area contributed by atoms with Crippen molar-refractivity contribution < 1.29 is 27.8 Å². The average Bonchev–Trinajstić information content (AvgIpc) is 2.89. The second-order valence-electron chi connectivity index (χ2n) is 8.43. The van der Waals surface area contributed by atoms with Gasteiger partial charge in [-0.25, -0.2) is 8.42 Å². The highest BCUT2D eigenvalue weighted by molar-refractivity contribution is 7.92. The van der Waals surface area contributed by atoms with Crippen LogP contribution in [0.1, 0.15) is 15.9 Å². The van der Waals surface area contributed by atoms with E-state index in [9.17, 15) is 33.4 Å². The summed E-state index contributed by atoms with van der Waals surface area (Å²) in [6.45, 7) is 2.83. The molecule has 1 aliphatic heterocycles. The summed E-state index contributed by atoms with van der Waals surface area (Å²) in [6.07, 6.45) is 0. The summed E-state index contributed by atoms with van der Waals surface area (Å²) < 4.78 is 33.0. The van der Waals surface area contributed by atoms with Crippen LogP contribution in [0.4, 0.5) is 28.4 Å². The molecule has 1 heterocycles. The Bertz CT molecular complexity index is 1450. The average molecular weight is 542 g/mol. The van der Waals surface area contributed by atoms with E-state index in [1.807, 2.05) is 6.92 Å². The first-order valence-corrected chi connectivity index (χ1v) is 12.8. The number of carbonyl (C=O) groups excluding carboxylic acids is 1. The van der Waals surface area contributed by atoms with E-state index in [4.69, 9.17) is 4.74 Å². The number of morpholine rings is 1. The molecule has 38 heavy (non-hydrogen) atoms. The van der Waals surface area contributed by atoms with Gasteiger partial charge in [0.1, 0.15) is 0 Å². The number of anilines is 3. The van der Waals surface area contributed by atoms with Crippen molar-refractivity contribution in [2.75, 3.05) is 41.2 Å². The van der Waals surface area contributed by atoms with E-state index in [-0.39, 0.29) is 48.1 Å². The minimum Gasteiger partial charge on any atom is -0.378 e. The molecule has 4 rings (SSSR count). The Morgan fingerprint density at radius 3 is 1.95 bits per heavy atom. The first kappa shape index (κ1) is 26.5. The zero-order valence-electron chi connectivity index (χ0n) is 20.1. The maximum absolute atomic E-state index is 12.9. The van der Waals surface area contributed by atoms with Gasteiger partial charge in [-0.2, -0.15) is 0 Å². The Labute approximate surface area is 217 Å². The minimum absolute atomic E-state index is 0.0581. The zero-order valence-corrected chi connectivity index (χ0v) is 20.9. The number of hydrogen-bond acceptors (Lipinski definition) is 9. The Morgan fingerprint density at radius 2 is 1.42 bits per heavy atom. The molecule has 14 heteroatoms. The standard InChI is InChI=1S/C24H23N5O8S/c1-16-2-4-19(5-3-16)26-38(35,36)20-8-6-18(7-9-20)25-24(30)17-14-21(28(31)32)23(22(15-17)29(33)34)27-10-12-37-13-11-27/h2-9,14-15,26H,10-13H2,1H3,(H,25,30). The van der Waals surface area contributed by atoms with E-state index in [0.29, 0.717) is 5.69 Å². The molecule has 0 aromatic heterocycles. The van der Waals surface area contributed by atoms with Gasteiger partial charge in [-0.3, -0.25) is 29.7 Å². The van der Waals surface area contributed by atoms with Crippen LogP contribution < -0.4 is 14.9 Å². The maximum Gasteiger partial charge on any atom is 0.300 e. The number of aryl methyl sites for hydroxylation is 1. The Kier molecular flexibility index (Phi) is 7.55. The molecule has 0 spiro atoms. The van der Waals surface area contributed by atoms with E-state index in [1.165, 1.54) is 29.2 Å². The highest BCUT2D eigenvalue weighted by Gasteiger charge is 2.33. The number of nitrogens with zero attached hydrogens (tertiary/aromatic N) is 3. The SMILES string of the molecule is Cc1ccc(NS(=O)(=O)c2ccc(NC(=O)c3cc([N+](=O)[O-])c(N4CCOCC4)c([N+](=O)[O-])c3)cc2)cc1. The molecule has 1 amide bonds. The minimum atomic E-state index is -3.90. The Balaban J connectivity index is 1.57. The van der Waals surface area contributed by atoms with Crippen molar-refractivity contribution in [3.8, 4) is 0 Å².